The molecule has 0 aliphatic heterocycles. The Kier molecular flexibility index (Phi) is 6.49. The van der Waals surface area contributed by atoms with Gasteiger partial charge in [0.25, 0.3) is 0 Å². The van der Waals surface area contributed by atoms with Crippen LogP contribution in [0, 0.1) is 0 Å². The fourth-order valence-corrected chi connectivity index (χ4v) is 2.29. The quantitative estimate of drug-likeness (QED) is 0.706. The lowest BCUT2D eigenvalue weighted by Gasteiger charge is -2.08. The zero-order chi connectivity index (χ0) is 15.6. The highest BCUT2D eigenvalue weighted by Crippen LogP contribution is 2.14. The maximum Gasteiger partial charge on any atom is 0.224 e. The number of nitrogens with one attached hydrogen (secondary N) is 2. The number of carbonyl (C=O) groups is 1. The van der Waals surface area contributed by atoms with E-state index in [2.05, 4.69) is 34.9 Å². The molecule has 0 bridgehead atoms. The number of amides is 1. The molecule has 0 aromatic heterocycles. The third kappa shape index (κ3) is 5.60. The predicted molar refractivity (Wildman–Crippen MR) is 93.2 cm³/mol. The van der Waals surface area contributed by atoms with Crippen molar-refractivity contribution in [1.29, 1.82) is 0 Å². The first-order valence-electron chi connectivity index (χ1n) is 7.95. The van der Waals surface area contributed by atoms with E-state index >= 15 is 0 Å². The first-order chi connectivity index (χ1) is 10.8. The van der Waals surface area contributed by atoms with Crippen LogP contribution in [0.2, 0.25) is 0 Å². The molecule has 0 aliphatic rings. The first kappa shape index (κ1) is 16.1. The van der Waals surface area contributed by atoms with Crippen molar-refractivity contribution in [2.75, 3.05) is 17.2 Å². The molecule has 0 saturated heterocycles. The lowest BCUT2D eigenvalue weighted by Crippen LogP contribution is -2.10. The number of aryl methyl sites for hydroxylation is 1. The van der Waals surface area contributed by atoms with Crippen LogP contribution in [0.25, 0.3) is 0 Å². The number of carbonyl (C=O) groups excluding carboxylic acids is 1. The lowest BCUT2D eigenvalue weighted by molar-refractivity contribution is -0.116. The number of hydrogen-bond donors (Lipinski definition) is 2. The van der Waals surface area contributed by atoms with Gasteiger partial charge in [-0.1, -0.05) is 37.3 Å². The summed E-state index contributed by atoms with van der Waals surface area (Å²) in [5, 5.41) is 6.30. The third-order valence-corrected chi connectivity index (χ3v) is 3.46. The molecule has 0 saturated carbocycles. The van der Waals surface area contributed by atoms with E-state index in [0.717, 1.165) is 37.2 Å². The minimum absolute atomic E-state index is 0.0751. The molecule has 2 N–H and O–H groups in total. The molecule has 2 aromatic rings. The van der Waals surface area contributed by atoms with Crippen molar-refractivity contribution < 1.29 is 4.79 Å². The Morgan fingerprint density at radius 2 is 1.64 bits per heavy atom. The third-order valence-electron chi connectivity index (χ3n) is 3.46. The molecule has 0 spiro atoms. The summed E-state index contributed by atoms with van der Waals surface area (Å²) >= 11 is 0. The Hall–Kier alpha value is -2.29. The van der Waals surface area contributed by atoms with Crippen molar-refractivity contribution in [3.63, 3.8) is 0 Å². The summed E-state index contributed by atoms with van der Waals surface area (Å²) in [4.78, 5) is 11.5. The Labute approximate surface area is 132 Å². The monoisotopic (exact) mass is 296 g/mol. The van der Waals surface area contributed by atoms with Gasteiger partial charge in [-0.25, -0.2) is 0 Å². The fraction of sp³-hybridized carbons (Fsp3) is 0.316. The molecule has 3 nitrogen and oxygen atoms in total. The summed E-state index contributed by atoms with van der Waals surface area (Å²) < 4.78 is 0. The van der Waals surface area contributed by atoms with Crippen LogP contribution in [0.3, 0.4) is 0 Å². The van der Waals surface area contributed by atoms with E-state index in [4.69, 9.17) is 0 Å². The number of hydrogen-bond acceptors (Lipinski definition) is 2. The number of rotatable bonds is 8. The highest BCUT2D eigenvalue weighted by molar-refractivity contribution is 5.90. The van der Waals surface area contributed by atoms with Gasteiger partial charge in [0.2, 0.25) is 5.91 Å². The summed E-state index contributed by atoms with van der Waals surface area (Å²) in [5.74, 6) is 0.0751. The molecule has 0 radical (unpaired) electrons. The van der Waals surface area contributed by atoms with E-state index in [0.29, 0.717) is 6.42 Å². The van der Waals surface area contributed by atoms with Crippen molar-refractivity contribution in [3.05, 3.63) is 60.2 Å². The zero-order valence-corrected chi connectivity index (χ0v) is 13.1. The maximum absolute atomic E-state index is 11.5. The second-order valence-corrected chi connectivity index (χ2v) is 5.39. The van der Waals surface area contributed by atoms with Crippen LogP contribution >= 0.6 is 0 Å². The molecule has 0 fully saturated rings. The predicted octanol–water partition coefficient (Wildman–Crippen LogP) is 4.47. The molecule has 0 atom stereocenters. The molecule has 1 amide bonds. The van der Waals surface area contributed by atoms with Gasteiger partial charge in [0.1, 0.15) is 0 Å². The topological polar surface area (TPSA) is 41.1 Å². The lowest BCUT2D eigenvalue weighted by atomic mass is 10.1. The van der Waals surface area contributed by atoms with E-state index in [1.54, 1.807) is 0 Å². The van der Waals surface area contributed by atoms with Crippen molar-refractivity contribution in [1.82, 2.24) is 0 Å². The van der Waals surface area contributed by atoms with Gasteiger partial charge in [-0.05, 0) is 49.1 Å². The van der Waals surface area contributed by atoms with Gasteiger partial charge in [-0.3, -0.25) is 4.79 Å². The Morgan fingerprint density at radius 3 is 2.32 bits per heavy atom. The molecule has 2 aromatic carbocycles. The Bertz CT molecular complexity index is 564. The van der Waals surface area contributed by atoms with E-state index < -0.39 is 0 Å². The van der Waals surface area contributed by atoms with E-state index in [1.807, 2.05) is 37.3 Å². The maximum atomic E-state index is 11.5. The Morgan fingerprint density at radius 1 is 0.955 bits per heavy atom. The summed E-state index contributed by atoms with van der Waals surface area (Å²) in [6.07, 6.45) is 3.62. The minimum Gasteiger partial charge on any atom is -0.385 e. The SMILES string of the molecule is CCCC(=O)Nc1ccc(NCCCc2ccccc2)cc1. The van der Waals surface area contributed by atoms with Gasteiger partial charge in [0, 0.05) is 24.3 Å². The van der Waals surface area contributed by atoms with Crippen molar-refractivity contribution >= 4 is 17.3 Å². The number of benzene rings is 2. The van der Waals surface area contributed by atoms with Gasteiger partial charge >= 0.3 is 0 Å². The van der Waals surface area contributed by atoms with Crippen LogP contribution in [-0.4, -0.2) is 12.5 Å². The van der Waals surface area contributed by atoms with Gasteiger partial charge in [-0.2, -0.15) is 0 Å². The molecule has 0 unspecified atom stereocenters. The summed E-state index contributed by atoms with van der Waals surface area (Å²) in [6, 6.07) is 18.4. The molecule has 0 heterocycles. The zero-order valence-electron chi connectivity index (χ0n) is 13.1. The van der Waals surface area contributed by atoms with Gasteiger partial charge in [0.15, 0.2) is 0 Å². The second-order valence-electron chi connectivity index (χ2n) is 5.39. The average molecular weight is 296 g/mol. The van der Waals surface area contributed by atoms with Crippen LogP contribution in [0.15, 0.2) is 54.6 Å². The minimum atomic E-state index is 0.0751. The van der Waals surface area contributed by atoms with E-state index in [-0.39, 0.29) is 5.91 Å². The Balaban J connectivity index is 1.71. The summed E-state index contributed by atoms with van der Waals surface area (Å²) in [5.41, 5.74) is 3.31. The largest absolute Gasteiger partial charge is 0.385 e. The molecule has 22 heavy (non-hydrogen) atoms. The molecule has 3 heteroatoms. The molecular formula is C19H24N2O. The molecule has 2 rings (SSSR count). The number of anilines is 2. The average Bonchev–Trinajstić information content (AvgIpc) is 2.54. The van der Waals surface area contributed by atoms with Gasteiger partial charge in [-0.15, -0.1) is 0 Å². The summed E-state index contributed by atoms with van der Waals surface area (Å²) in [6.45, 7) is 2.94. The van der Waals surface area contributed by atoms with Crippen molar-refractivity contribution in [2.45, 2.75) is 32.6 Å². The van der Waals surface area contributed by atoms with Crippen LogP contribution in [0.5, 0.6) is 0 Å². The fourth-order valence-electron chi connectivity index (χ4n) is 2.29. The van der Waals surface area contributed by atoms with Crippen LogP contribution < -0.4 is 10.6 Å². The van der Waals surface area contributed by atoms with Gasteiger partial charge in [0.05, 0.1) is 0 Å². The first-order valence-corrected chi connectivity index (χ1v) is 7.95. The van der Waals surface area contributed by atoms with Gasteiger partial charge < -0.3 is 10.6 Å². The highest BCUT2D eigenvalue weighted by atomic mass is 16.1. The molecular weight excluding hydrogens is 272 g/mol. The van der Waals surface area contributed by atoms with Crippen LogP contribution in [0.4, 0.5) is 11.4 Å². The normalized spacial score (nSPS) is 10.2. The molecule has 0 aliphatic carbocycles. The van der Waals surface area contributed by atoms with Crippen LogP contribution in [-0.2, 0) is 11.2 Å². The smallest absolute Gasteiger partial charge is 0.224 e. The van der Waals surface area contributed by atoms with Crippen LogP contribution in [0.1, 0.15) is 31.7 Å². The second kappa shape index (κ2) is 8.88. The highest BCUT2D eigenvalue weighted by Gasteiger charge is 2.00. The van der Waals surface area contributed by atoms with Crippen molar-refractivity contribution in [2.24, 2.45) is 0 Å². The van der Waals surface area contributed by atoms with E-state index in [9.17, 15) is 4.79 Å². The van der Waals surface area contributed by atoms with E-state index in [1.165, 1.54) is 5.56 Å². The van der Waals surface area contributed by atoms with Crippen molar-refractivity contribution in [3.8, 4) is 0 Å². The standard InChI is InChI=1S/C19H24N2O/c1-2-7-19(22)21-18-13-11-17(12-14-18)20-15-6-10-16-8-4-3-5-9-16/h3-5,8-9,11-14,20H,2,6-7,10,15H2,1H3,(H,21,22). The molecule has 116 valence electrons. The summed E-state index contributed by atoms with van der Waals surface area (Å²) in [7, 11) is 0.